The monoisotopic (exact) mass is 416 g/mol. The van der Waals surface area contributed by atoms with Crippen LogP contribution in [0.15, 0.2) is 47.8 Å². The van der Waals surface area contributed by atoms with Crippen LogP contribution >= 0.6 is 22.7 Å². The summed E-state index contributed by atoms with van der Waals surface area (Å²) >= 11 is 2.48. The second-order valence-corrected chi connectivity index (χ2v) is 7.86. The van der Waals surface area contributed by atoms with Gasteiger partial charge < -0.3 is 4.74 Å². The minimum absolute atomic E-state index is 0.127. The summed E-state index contributed by atoms with van der Waals surface area (Å²) in [4.78, 5) is 17.6. The Labute approximate surface area is 167 Å². The van der Waals surface area contributed by atoms with Gasteiger partial charge in [0.15, 0.2) is 5.13 Å². The molecular weight excluding hydrogens is 402 g/mol. The van der Waals surface area contributed by atoms with Crippen molar-refractivity contribution in [2.45, 2.75) is 6.61 Å². The molecule has 0 unspecified atom stereocenters. The van der Waals surface area contributed by atoms with Crippen molar-refractivity contribution in [3.63, 3.8) is 0 Å². The van der Waals surface area contributed by atoms with Gasteiger partial charge in [-0.2, -0.15) is 0 Å². The third-order valence-electron chi connectivity index (χ3n) is 4.12. The molecule has 1 amide bonds. The SMILES string of the molecule is COCc1c(C(=O)Nc2nc(-c3ccc(F)cc3)cs2)sc2cccc(F)c12. The van der Waals surface area contributed by atoms with Gasteiger partial charge in [0.25, 0.3) is 5.91 Å². The number of nitrogens with one attached hydrogen (secondary N) is 1. The van der Waals surface area contributed by atoms with Crippen molar-refractivity contribution in [2.24, 2.45) is 0 Å². The molecule has 0 atom stereocenters. The normalized spacial score (nSPS) is 11.1. The molecule has 142 valence electrons. The molecule has 0 aliphatic carbocycles. The summed E-state index contributed by atoms with van der Waals surface area (Å²) in [5, 5.41) is 5.36. The maximum Gasteiger partial charge on any atom is 0.267 e. The Balaban J connectivity index is 1.63. The first kappa shape index (κ1) is 18.7. The van der Waals surface area contributed by atoms with E-state index >= 15 is 0 Å². The molecule has 0 saturated carbocycles. The van der Waals surface area contributed by atoms with E-state index in [1.165, 1.54) is 48.0 Å². The Hall–Kier alpha value is -2.68. The number of fused-ring (bicyclic) bond motifs is 1. The van der Waals surface area contributed by atoms with E-state index in [4.69, 9.17) is 4.74 Å². The number of thiophene rings is 1. The van der Waals surface area contributed by atoms with Gasteiger partial charge in [0.2, 0.25) is 0 Å². The zero-order valence-electron chi connectivity index (χ0n) is 14.7. The van der Waals surface area contributed by atoms with Gasteiger partial charge >= 0.3 is 0 Å². The topological polar surface area (TPSA) is 51.2 Å². The highest BCUT2D eigenvalue weighted by Gasteiger charge is 2.21. The first-order valence-electron chi connectivity index (χ1n) is 8.28. The van der Waals surface area contributed by atoms with E-state index in [0.29, 0.717) is 31.4 Å². The van der Waals surface area contributed by atoms with Crippen molar-refractivity contribution in [2.75, 3.05) is 12.4 Å². The number of anilines is 1. The lowest BCUT2D eigenvalue weighted by Gasteiger charge is -2.04. The molecule has 0 radical (unpaired) electrons. The standard InChI is InChI=1S/C20H14F2N2O2S2/c1-26-9-13-17-14(22)3-2-4-16(17)28-18(13)19(25)24-20-23-15(10-27-20)11-5-7-12(21)8-6-11/h2-8,10H,9H2,1H3,(H,23,24,25). The molecule has 4 nitrogen and oxygen atoms in total. The Morgan fingerprint density at radius 2 is 1.96 bits per heavy atom. The Bertz CT molecular complexity index is 1150. The Morgan fingerprint density at radius 3 is 2.71 bits per heavy atom. The van der Waals surface area contributed by atoms with Crippen LogP contribution in [0.5, 0.6) is 0 Å². The van der Waals surface area contributed by atoms with Crippen molar-refractivity contribution in [1.29, 1.82) is 0 Å². The van der Waals surface area contributed by atoms with Gasteiger partial charge in [-0.15, -0.1) is 22.7 Å². The van der Waals surface area contributed by atoms with E-state index in [2.05, 4.69) is 10.3 Å². The van der Waals surface area contributed by atoms with Crippen LogP contribution in [0.25, 0.3) is 21.3 Å². The number of benzene rings is 2. The third kappa shape index (κ3) is 3.54. The number of rotatable bonds is 5. The Morgan fingerprint density at radius 1 is 1.18 bits per heavy atom. The molecule has 28 heavy (non-hydrogen) atoms. The van der Waals surface area contributed by atoms with Crippen molar-refractivity contribution in [1.82, 2.24) is 4.98 Å². The summed E-state index contributed by atoms with van der Waals surface area (Å²) in [5.41, 5.74) is 1.91. The number of methoxy groups -OCH3 is 1. The second-order valence-electron chi connectivity index (χ2n) is 5.95. The van der Waals surface area contributed by atoms with Crippen molar-refractivity contribution >= 4 is 43.8 Å². The highest BCUT2D eigenvalue weighted by atomic mass is 32.1. The highest BCUT2D eigenvalue weighted by molar-refractivity contribution is 7.21. The number of halogens is 2. The molecular formula is C20H14F2N2O2S2. The fourth-order valence-electron chi connectivity index (χ4n) is 2.87. The smallest absolute Gasteiger partial charge is 0.267 e. The van der Waals surface area contributed by atoms with Crippen LogP contribution in [0.4, 0.5) is 13.9 Å². The molecule has 0 saturated heterocycles. The van der Waals surface area contributed by atoms with Crippen LogP contribution in [0, 0.1) is 11.6 Å². The van der Waals surface area contributed by atoms with Crippen LogP contribution in [0.1, 0.15) is 15.2 Å². The molecule has 0 aliphatic heterocycles. The largest absolute Gasteiger partial charge is 0.380 e. The quantitative estimate of drug-likeness (QED) is 0.454. The molecule has 2 heterocycles. The van der Waals surface area contributed by atoms with Gasteiger partial charge in [0, 0.05) is 33.7 Å². The number of aromatic nitrogens is 1. The zero-order chi connectivity index (χ0) is 19.7. The predicted molar refractivity (Wildman–Crippen MR) is 108 cm³/mol. The van der Waals surface area contributed by atoms with Crippen molar-refractivity contribution in [3.05, 3.63) is 69.9 Å². The van der Waals surface area contributed by atoms with Crippen LogP contribution in [-0.2, 0) is 11.3 Å². The van der Waals surface area contributed by atoms with Gasteiger partial charge in [-0.3, -0.25) is 10.1 Å². The minimum Gasteiger partial charge on any atom is -0.380 e. The maximum atomic E-state index is 14.3. The van der Waals surface area contributed by atoms with Crippen molar-refractivity contribution < 1.29 is 18.3 Å². The molecule has 8 heteroatoms. The summed E-state index contributed by atoms with van der Waals surface area (Å²) < 4.78 is 33.2. The predicted octanol–water partition coefficient (Wildman–Crippen LogP) is 5.70. The van der Waals surface area contributed by atoms with E-state index in [-0.39, 0.29) is 24.1 Å². The number of carbonyl (C=O) groups is 1. The Kier molecular flexibility index (Phi) is 5.17. The van der Waals surface area contributed by atoms with Gasteiger partial charge in [0.1, 0.15) is 11.6 Å². The van der Waals surface area contributed by atoms with E-state index in [1.54, 1.807) is 29.6 Å². The molecule has 4 rings (SSSR count). The molecule has 0 bridgehead atoms. The van der Waals surface area contributed by atoms with Gasteiger partial charge in [-0.1, -0.05) is 6.07 Å². The fraction of sp³-hybridized carbons (Fsp3) is 0.100. The highest BCUT2D eigenvalue weighted by Crippen LogP contribution is 2.34. The van der Waals surface area contributed by atoms with E-state index in [9.17, 15) is 13.6 Å². The molecule has 4 aromatic rings. The lowest BCUT2D eigenvalue weighted by molar-refractivity contribution is 0.102. The first-order chi connectivity index (χ1) is 13.6. The molecule has 1 N–H and O–H groups in total. The summed E-state index contributed by atoms with van der Waals surface area (Å²) in [7, 11) is 1.50. The molecule has 0 aliphatic rings. The number of thiazole rings is 1. The van der Waals surface area contributed by atoms with E-state index in [0.717, 1.165) is 5.56 Å². The average molecular weight is 416 g/mol. The number of ether oxygens (including phenoxy) is 1. The molecule has 0 spiro atoms. The van der Waals surface area contributed by atoms with Gasteiger partial charge in [0.05, 0.1) is 17.2 Å². The van der Waals surface area contributed by atoms with E-state index < -0.39 is 0 Å². The van der Waals surface area contributed by atoms with Gasteiger partial charge in [-0.25, -0.2) is 13.8 Å². The summed E-state index contributed by atoms with van der Waals surface area (Å²) in [5.74, 6) is -1.07. The summed E-state index contributed by atoms with van der Waals surface area (Å²) in [6.07, 6.45) is 0. The molecule has 2 aromatic carbocycles. The molecule has 0 fully saturated rings. The zero-order valence-corrected chi connectivity index (χ0v) is 16.3. The molecule has 2 aromatic heterocycles. The summed E-state index contributed by atoms with van der Waals surface area (Å²) in [6.45, 7) is 0.127. The van der Waals surface area contributed by atoms with Crippen LogP contribution in [-0.4, -0.2) is 18.0 Å². The van der Waals surface area contributed by atoms with E-state index in [1.807, 2.05) is 0 Å². The summed E-state index contributed by atoms with van der Waals surface area (Å²) in [6, 6.07) is 10.7. The lowest BCUT2D eigenvalue weighted by atomic mass is 10.1. The average Bonchev–Trinajstić information content (AvgIpc) is 3.28. The lowest BCUT2D eigenvalue weighted by Crippen LogP contribution is -2.12. The minimum atomic E-state index is -0.382. The van der Waals surface area contributed by atoms with Crippen LogP contribution in [0.3, 0.4) is 0 Å². The number of hydrogen-bond donors (Lipinski definition) is 1. The second kappa shape index (κ2) is 7.75. The van der Waals surface area contributed by atoms with Crippen LogP contribution in [0.2, 0.25) is 0 Å². The van der Waals surface area contributed by atoms with Gasteiger partial charge in [-0.05, 0) is 36.4 Å². The number of carbonyl (C=O) groups excluding carboxylic acids is 1. The number of nitrogens with zero attached hydrogens (tertiary/aromatic N) is 1. The third-order valence-corrected chi connectivity index (χ3v) is 6.08. The number of hydrogen-bond acceptors (Lipinski definition) is 5. The first-order valence-corrected chi connectivity index (χ1v) is 9.98. The fourth-order valence-corrected chi connectivity index (χ4v) is 4.70. The number of amides is 1. The van der Waals surface area contributed by atoms with Crippen molar-refractivity contribution in [3.8, 4) is 11.3 Å². The maximum absolute atomic E-state index is 14.3. The van der Waals surface area contributed by atoms with Crippen LogP contribution < -0.4 is 5.32 Å².